The zero-order valence-corrected chi connectivity index (χ0v) is 15.1. The maximum atomic E-state index is 12.0. The Hall–Kier alpha value is -4.01. The third-order valence-electron chi connectivity index (χ3n) is 4.29. The average molecular weight is 376 g/mol. The number of carbonyl (C=O) groups excluding carboxylic acids is 1. The molecular formula is C19H16N6O3. The number of rotatable bonds is 2. The van der Waals surface area contributed by atoms with Gasteiger partial charge in [0, 0.05) is 10.8 Å². The summed E-state index contributed by atoms with van der Waals surface area (Å²) < 4.78 is 0. The number of nitrogens with one attached hydrogen (secondary N) is 2. The predicted octanol–water partition coefficient (Wildman–Crippen LogP) is 5.66. The molecule has 4 rings (SSSR count). The SMILES string of the molecule is Cc1ccc2[nH]c(O)c(N=NC(=O)N=Nc3c(O)[nH]c4ccc(C)cc34)c2c1. The lowest BCUT2D eigenvalue weighted by molar-refractivity contribution is 0.254. The lowest BCUT2D eigenvalue weighted by Crippen LogP contribution is -1.79. The number of urea groups is 1. The Kier molecular flexibility index (Phi) is 4.11. The van der Waals surface area contributed by atoms with Crippen LogP contribution in [-0.4, -0.2) is 26.2 Å². The van der Waals surface area contributed by atoms with Gasteiger partial charge in [0.25, 0.3) is 0 Å². The number of azo groups is 2. The second-order valence-electron chi connectivity index (χ2n) is 6.43. The van der Waals surface area contributed by atoms with Gasteiger partial charge in [0.05, 0.1) is 11.0 Å². The first-order chi connectivity index (χ1) is 13.4. The highest BCUT2D eigenvalue weighted by Gasteiger charge is 2.13. The predicted molar refractivity (Wildman–Crippen MR) is 104 cm³/mol. The van der Waals surface area contributed by atoms with Crippen LogP contribution in [0.4, 0.5) is 16.2 Å². The van der Waals surface area contributed by atoms with Crippen LogP contribution in [0.5, 0.6) is 11.8 Å². The van der Waals surface area contributed by atoms with Crippen molar-refractivity contribution in [1.82, 2.24) is 9.97 Å². The number of hydrogen-bond acceptors (Lipinski definition) is 5. The number of aromatic nitrogens is 2. The molecule has 9 heteroatoms. The lowest BCUT2D eigenvalue weighted by atomic mass is 10.2. The van der Waals surface area contributed by atoms with Crippen molar-refractivity contribution in [2.45, 2.75) is 13.8 Å². The third-order valence-corrected chi connectivity index (χ3v) is 4.29. The first-order valence-electron chi connectivity index (χ1n) is 8.42. The van der Waals surface area contributed by atoms with Gasteiger partial charge < -0.3 is 20.2 Å². The normalized spacial score (nSPS) is 12.1. The number of fused-ring (bicyclic) bond motifs is 2. The van der Waals surface area contributed by atoms with Gasteiger partial charge in [-0.05, 0) is 38.1 Å². The van der Waals surface area contributed by atoms with Gasteiger partial charge in [0.15, 0.2) is 11.4 Å². The van der Waals surface area contributed by atoms with Crippen molar-refractivity contribution >= 4 is 39.2 Å². The fourth-order valence-corrected chi connectivity index (χ4v) is 2.96. The quantitative estimate of drug-likeness (QED) is 0.335. The topological polar surface area (TPSA) is 139 Å². The molecule has 0 unspecified atom stereocenters. The highest BCUT2D eigenvalue weighted by atomic mass is 16.3. The summed E-state index contributed by atoms with van der Waals surface area (Å²) in [6.45, 7) is 3.80. The number of aryl methyl sites for hydroxylation is 2. The van der Waals surface area contributed by atoms with Crippen molar-refractivity contribution in [2.75, 3.05) is 0 Å². The van der Waals surface area contributed by atoms with Crippen molar-refractivity contribution in [3.63, 3.8) is 0 Å². The monoisotopic (exact) mass is 376 g/mol. The Labute approximate surface area is 158 Å². The first kappa shape index (κ1) is 17.4. The number of aromatic hydroxyl groups is 2. The number of carbonyl (C=O) groups is 1. The van der Waals surface area contributed by atoms with Crippen LogP contribution in [0.2, 0.25) is 0 Å². The zero-order valence-electron chi connectivity index (χ0n) is 15.1. The van der Waals surface area contributed by atoms with Crippen LogP contribution in [0.15, 0.2) is 56.9 Å². The minimum atomic E-state index is -0.970. The first-order valence-corrected chi connectivity index (χ1v) is 8.42. The molecule has 0 bridgehead atoms. The maximum Gasteiger partial charge on any atom is 0.404 e. The molecule has 0 spiro atoms. The molecular weight excluding hydrogens is 360 g/mol. The molecule has 2 aromatic heterocycles. The molecule has 28 heavy (non-hydrogen) atoms. The van der Waals surface area contributed by atoms with Gasteiger partial charge in [0.2, 0.25) is 11.8 Å². The van der Waals surface area contributed by atoms with Crippen molar-refractivity contribution in [1.29, 1.82) is 0 Å². The van der Waals surface area contributed by atoms with Crippen LogP contribution in [0.3, 0.4) is 0 Å². The molecule has 2 aromatic carbocycles. The van der Waals surface area contributed by atoms with Gasteiger partial charge in [-0.1, -0.05) is 33.5 Å². The second kappa shape index (κ2) is 6.62. The van der Waals surface area contributed by atoms with E-state index in [1.165, 1.54) is 0 Å². The summed E-state index contributed by atoms with van der Waals surface area (Å²) in [6.07, 6.45) is 0. The fourth-order valence-electron chi connectivity index (χ4n) is 2.96. The zero-order chi connectivity index (χ0) is 19.8. The molecule has 0 aliphatic carbocycles. The van der Waals surface area contributed by atoms with E-state index >= 15 is 0 Å². The van der Waals surface area contributed by atoms with Crippen LogP contribution >= 0.6 is 0 Å². The molecule has 2 heterocycles. The standard InChI is InChI=1S/C19H16N6O3/c1-9-3-5-13-11(7-9)15(17(26)20-13)22-24-19(28)25-23-16-12-8-10(2)4-6-14(12)21-18(16)27/h3-8,20-21,26-27H,1-2H3. The summed E-state index contributed by atoms with van der Waals surface area (Å²) >= 11 is 0. The van der Waals surface area contributed by atoms with Crippen LogP contribution in [0, 0.1) is 13.8 Å². The Morgan fingerprint density at radius 3 is 1.64 bits per heavy atom. The molecule has 0 aliphatic heterocycles. The van der Waals surface area contributed by atoms with Crippen LogP contribution in [-0.2, 0) is 0 Å². The number of amides is 2. The minimum Gasteiger partial charge on any atom is -0.493 e. The summed E-state index contributed by atoms with van der Waals surface area (Å²) in [5, 5.41) is 35.8. The minimum absolute atomic E-state index is 0.146. The molecule has 2 amide bonds. The van der Waals surface area contributed by atoms with E-state index < -0.39 is 6.03 Å². The van der Waals surface area contributed by atoms with Gasteiger partial charge in [-0.2, -0.15) is 0 Å². The fraction of sp³-hybridized carbons (Fsp3) is 0.105. The summed E-state index contributed by atoms with van der Waals surface area (Å²) in [6, 6.07) is 10.0. The summed E-state index contributed by atoms with van der Waals surface area (Å²) in [4.78, 5) is 17.5. The van der Waals surface area contributed by atoms with Crippen molar-refractivity contribution in [2.24, 2.45) is 20.5 Å². The van der Waals surface area contributed by atoms with Gasteiger partial charge in [0.1, 0.15) is 0 Å². The number of H-pyrrole nitrogens is 2. The van der Waals surface area contributed by atoms with E-state index in [1.807, 2.05) is 38.1 Å². The van der Waals surface area contributed by atoms with E-state index in [0.717, 1.165) is 11.1 Å². The van der Waals surface area contributed by atoms with Crippen LogP contribution in [0.1, 0.15) is 11.1 Å². The van der Waals surface area contributed by atoms with Gasteiger partial charge in [-0.25, -0.2) is 4.79 Å². The molecule has 0 atom stereocenters. The van der Waals surface area contributed by atoms with E-state index in [2.05, 4.69) is 30.4 Å². The third kappa shape index (κ3) is 3.09. The molecule has 4 N–H and O–H groups in total. The van der Waals surface area contributed by atoms with E-state index in [0.29, 0.717) is 21.8 Å². The van der Waals surface area contributed by atoms with E-state index in [4.69, 9.17) is 0 Å². The molecule has 0 aliphatic rings. The number of nitrogens with zero attached hydrogens (tertiary/aromatic N) is 4. The summed E-state index contributed by atoms with van der Waals surface area (Å²) in [5.74, 6) is -0.391. The summed E-state index contributed by atoms with van der Waals surface area (Å²) in [5.41, 5.74) is 3.58. The Bertz CT molecular complexity index is 1180. The number of hydrogen-bond donors (Lipinski definition) is 4. The van der Waals surface area contributed by atoms with Gasteiger partial charge in [-0.15, -0.1) is 10.2 Å². The van der Waals surface area contributed by atoms with E-state index in [1.54, 1.807) is 12.1 Å². The highest BCUT2D eigenvalue weighted by molar-refractivity contribution is 5.95. The molecule has 140 valence electrons. The lowest BCUT2D eigenvalue weighted by Gasteiger charge is -1.94. The highest BCUT2D eigenvalue weighted by Crippen LogP contribution is 2.37. The molecule has 4 aromatic rings. The number of aromatic amines is 2. The van der Waals surface area contributed by atoms with Crippen molar-refractivity contribution in [3.8, 4) is 11.8 Å². The van der Waals surface area contributed by atoms with Gasteiger partial charge >= 0.3 is 6.03 Å². The van der Waals surface area contributed by atoms with Crippen LogP contribution < -0.4 is 0 Å². The number of benzene rings is 2. The van der Waals surface area contributed by atoms with Crippen molar-refractivity contribution < 1.29 is 15.0 Å². The van der Waals surface area contributed by atoms with E-state index in [9.17, 15) is 15.0 Å². The Balaban J connectivity index is 1.62. The molecule has 0 fully saturated rings. The molecule has 0 saturated carbocycles. The smallest absolute Gasteiger partial charge is 0.404 e. The van der Waals surface area contributed by atoms with Crippen LogP contribution in [0.25, 0.3) is 21.8 Å². The maximum absolute atomic E-state index is 12.0. The molecule has 9 nitrogen and oxygen atoms in total. The van der Waals surface area contributed by atoms with Gasteiger partial charge in [-0.3, -0.25) is 0 Å². The van der Waals surface area contributed by atoms with Crippen molar-refractivity contribution in [3.05, 3.63) is 47.5 Å². The Morgan fingerprint density at radius 1 is 0.786 bits per heavy atom. The summed E-state index contributed by atoms with van der Waals surface area (Å²) in [7, 11) is 0. The second-order valence-corrected chi connectivity index (χ2v) is 6.43. The molecule has 0 radical (unpaired) electrons. The average Bonchev–Trinajstić information content (AvgIpc) is 3.13. The Morgan fingerprint density at radius 2 is 1.21 bits per heavy atom. The molecule has 0 saturated heterocycles. The van der Waals surface area contributed by atoms with E-state index in [-0.39, 0.29) is 23.1 Å². The largest absolute Gasteiger partial charge is 0.493 e.